The molecule has 0 aliphatic rings. The molecule has 23 heavy (non-hydrogen) atoms. The summed E-state index contributed by atoms with van der Waals surface area (Å²) in [6.45, 7) is 0.908. The Kier molecular flexibility index (Phi) is 4.05. The second-order valence-corrected chi connectivity index (χ2v) is 5.25. The lowest BCUT2D eigenvalue weighted by Gasteiger charge is -2.03. The van der Waals surface area contributed by atoms with Crippen molar-refractivity contribution in [2.45, 2.75) is 13.1 Å². The highest BCUT2D eigenvalue weighted by Crippen LogP contribution is 2.12. The fourth-order valence-electron chi connectivity index (χ4n) is 2.39. The van der Waals surface area contributed by atoms with E-state index in [0.717, 1.165) is 11.1 Å². The van der Waals surface area contributed by atoms with E-state index in [0.29, 0.717) is 13.1 Å². The van der Waals surface area contributed by atoms with Crippen LogP contribution in [-0.4, -0.2) is 14.1 Å². The van der Waals surface area contributed by atoms with Crippen LogP contribution in [-0.2, 0) is 13.1 Å². The Bertz CT molecular complexity index is 864. The van der Waals surface area contributed by atoms with E-state index in [-0.39, 0.29) is 11.4 Å². The van der Waals surface area contributed by atoms with Crippen LogP contribution in [0.2, 0.25) is 0 Å². The first kappa shape index (κ1) is 14.8. The average molecular weight is 309 g/mol. The lowest BCUT2D eigenvalue weighted by molar-refractivity contribution is -0.384. The van der Waals surface area contributed by atoms with Gasteiger partial charge in [0, 0.05) is 24.5 Å². The number of nitro benzene ring substituents is 1. The number of non-ortho nitro benzene ring substituents is 1. The average Bonchev–Trinajstić information content (AvgIpc) is 2.90. The Labute approximate surface area is 132 Å². The first-order valence-electron chi connectivity index (χ1n) is 7.16. The van der Waals surface area contributed by atoms with Crippen molar-refractivity contribution in [2.75, 3.05) is 0 Å². The van der Waals surface area contributed by atoms with Gasteiger partial charge in [0.05, 0.1) is 18.0 Å². The number of imidazole rings is 1. The van der Waals surface area contributed by atoms with Crippen molar-refractivity contribution >= 4 is 5.69 Å². The summed E-state index contributed by atoms with van der Waals surface area (Å²) in [6, 6.07) is 16.0. The van der Waals surface area contributed by atoms with Gasteiger partial charge in [0.2, 0.25) is 0 Å². The number of hydrogen-bond donors (Lipinski definition) is 0. The van der Waals surface area contributed by atoms with Crippen LogP contribution in [0, 0.1) is 10.1 Å². The highest BCUT2D eigenvalue weighted by atomic mass is 16.6. The monoisotopic (exact) mass is 309 g/mol. The van der Waals surface area contributed by atoms with E-state index in [1.165, 1.54) is 12.1 Å². The normalized spacial score (nSPS) is 10.6. The number of hydrogen-bond acceptors (Lipinski definition) is 3. The van der Waals surface area contributed by atoms with Crippen LogP contribution in [0.15, 0.2) is 71.8 Å². The highest BCUT2D eigenvalue weighted by molar-refractivity contribution is 5.33. The summed E-state index contributed by atoms with van der Waals surface area (Å²) in [4.78, 5) is 22.6. The first-order valence-corrected chi connectivity index (χ1v) is 7.16. The van der Waals surface area contributed by atoms with Gasteiger partial charge in [-0.3, -0.25) is 19.2 Å². The smallest absolute Gasteiger partial charge is 0.295 e. The lowest BCUT2D eigenvalue weighted by Crippen LogP contribution is -2.24. The van der Waals surface area contributed by atoms with Gasteiger partial charge in [0.1, 0.15) is 0 Å². The molecule has 0 fully saturated rings. The van der Waals surface area contributed by atoms with E-state index in [1.54, 1.807) is 33.7 Å². The highest BCUT2D eigenvalue weighted by Gasteiger charge is 2.07. The molecule has 0 amide bonds. The minimum atomic E-state index is -0.438. The van der Waals surface area contributed by atoms with Crippen molar-refractivity contribution in [3.63, 3.8) is 0 Å². The molecule has 6 heteroatoms. The summed E-state index contributed by atoms with van der Waals surface area (Å²) < 4.78 is 3.23. The molecule has 1 aromatic heterocycles. The molecule has 1 heterocycles. The zero-order valence-electron chi connectivity index (χ0n) is 12.3. The first-order chi connectivity index (χ1) is 11.1. The molecule has 2 aromatic carbocycles. The molecule has 0 spiro atoms. The standard InChI is InChI=1S/C17H15N3O3/c21-17-18(12-14-4-2-1-3-5-14)10-11-19(17)13-15-6-8-16(9-7-15)20(22)23/h1-11H,12-13H2. The van der Waals surface area contributed by atoms with E-state index < -0.39 is 4.92 Å². The number of benzene rings is 2. The van der Waals surface area contributed by atoms with Gasteiger partial charge >= 0.3 is 5.69 Å². The Morgan fingerprint density at radius 1 is 0.826 bits per heavy atom. The number of rotatable bonds is 5. The van der Waals surface area contributed by atoms with Gasteiger partial charge in [0.15, 0.2) is 0 Å². The Morgan fingerprint density at radius 3 is 1.87 bits per heavy atom. The van der Waals surface area contributed by atoms with Crippen LogP contribution >= 0.6 is 0 Å². The van der Waals surface area contributed by atoms with Crippen LogP contribution < -0.4 is 5.69 Å². The minimum Gasteiger partial charge on any atom is -0.295 e. The van der Waals surface area contributed by atoms with Crippen molar-refractivity contribution in [1.82, 2.24) is 9.13 Å². The van der Waals surface area contributed by atoms with E-state index in [4.69, 9.17) is 0 Å². The van der Waals surface area contributed by atoms with Gasteiger partial charge in [-0.1, -0.05) is 42.5 Å². The molecule has 0 atom stereocenters. The van der Waals surface area contributed by atoms with Crippen LogP contribution in [0.5, 0.6) is 0 Å². The Balaban J connectivity index is 1.77. The van der Waals surface area contributed by atoms with Gasteiger partial charge in [-0.2, -0.15) is 0 Å². The molecular weight excluding hydrogens is 294 g/mol. The topological polar surface area (TPSA) is 70.1 Å². The molecule has 0 N–H and O–H groups in total. The van der Waals surface area contributed by atoms with E-state index in [1.807, 2.05) is 30.3 Å². The molecule has 116 valence electrons. The quantitative estimate of drug-likeness (QED) is 0.537. The van der Waals surface area contributed by atoms with Gasteiger partial charge in [-0.25, -0.2) is 4.79 Å². The van der Waals surface area contributed by atoms with Crippen molar-refractivity contribution in [3.8, 4) is 0 Å². The second-order valence-electron chi connectivity index (χ2n) is 5.25. The Hall–Kier alpha value is -3.15. The van der Waals surface area contributed by atoms with Gasteiger partial charge in [-0.15, -0.1) is 0 Å². The molecule has 0 aliphatic heterocycles. The van der Waals surface area contributed by atoms with E-state index in [2.05, 4.69) is 0 Å². The largest absolute Gasteiger partial charge is 0.328 e. The fourth-order valence-corrected chi connectivity index (χ4v) is 2.39. The maximum Gasteiger partial charge on any atom is 0.328 e. The molecule has 3 rings (SSSR count). The third-order valence-electron chi connectivity index (χ3n) is 3.61. The third kappa shape index (κ3) is 3.37. The number of nitrogens with zero attached hydrogens (tertiary/aromatic N) is 3. The van der Waals surface area contributed by atoms with Crippen LogP contribution in [0.25, 0.3) is 0 Å². The number of nitro groups is 1. The molecule has 0 saturated carbocycles. The van der Waals surface area contributed by atoms with Gasteiger partial charge in [0.25, 0.3) is 5.69 Å². The van der Waals surface area contributed by atoms with E-state index in [9.17, 15) is 14.9 Å². The summed E-state index contributed by atoms with van der Waals surface area (Å²) in [7, 11) is 0. The van der Waals surface area contributed by atoms with Crippen LogP contribution in [0.1, 0.15) is 11.1 Å². The number of aromatic nitrogens is 2. The Morgan fingerprint density at radius 2 is 1.35 bits per heavy atom. The van der Waals surface area contributed by atoms with Crippen LogP contribution in [0.3, 0.4) is 0 Å². The maximum atomic E-state index is 12.4. The van der Waals surface area contributed by atoms with Gasteiger partial charge in [-0.05, 0) is 11.1 Å². The molecule has 0 unspecified atom stereocenters. The third-order valence-corrected chi connectivity index (χ3v) is 3.61. The zero-order chi connectivity index (χ0) is 16.2. The molecule has 0 aliphatic carbocycles. The molecule has 0 radical (unpaired) electrons. The summed E-state index contributed by atoms with van der Waals surface area (Å²) in [5.41, 5.74) is 1.84. The summed E-state index contributed by atoms with van der Waals surface area (Å²) >= 11 is 0. The van der Waals surface area contributed by atoms with Crippen molar-refractivity contribution in [2.24, 2.45) is 0 Å². The fraction of sp³-hybridized carbons (Fsp3) is 0.118. The van der Waals surface area contributed by atoms with Crippen molar-refractivity contribution in [1.29, 1.82) is 0 Å². The zero-order valence-corrected chi connectivity index (χ0v) is 12.3. The van der Waals surface area contributed by atoms with E-state index >= 15 is 0 Å². The van der Waals surface area contributed by atoms with Crippen molar-refractivity contribution < 1.29 is 4.92 Å². The molecule has 0 bridgehead atoms. The summed E-state index contributed by atoms with van der Waals surface area (Å²) in [5.74, 6) is 0. The second kappa shape index (κ2) is 6.31. The molecular formula is C17H15N3O3. The van der Waals surface area contributed by atoms with Crippen molar-refractivity contribution in [3.05, 3.63) is 98.7 Å². The minimum absolute atomic E-state index is 0.0442. The maximum absolute atomic E-state index is 12.4. The molecule has 6 nitrogen and oxygen atoms in total. The molecule has 0 saturated heterocycles. The summed E-state index contributed by atoms with van der Waals surface area (Å²) in [5, 5.41) is 10.6. The summed E-state index contributed by atoms with van der Waals surface area (Å²) in [6.07, 6.45) is 3.48. The SMILES string of the molecule is O=c1n(Cc2ccccc2)ccn1Cc1ccc([N+](=O)[O-])cc1. The van der Waals surface area contributed by atoms with Gasteiger partial charge < -0.3 is 0 Å². The molecule has 3 aromatic rings. The predicted molar refractivity (Wildman–Crippen MR) is 86.4 cm³/mol. The lowest BCUT2D eigenvalue weighted by atomic mass is 10.2. The predicted octanol–water partition coefficient (Wildman–Crippen LogP) is 2.65. The van der Waals surface area contributed by atoms with Crippen LogP contribution in [0.4, 0.5) is 5.69 Å².